The Kier molecular flexibility index (Phi) is 4.74. The zero-order valence-electron chi connectivity index (χ0n) is 10.8. The fourth-order valence-corrected chi connectivity index (χ4v) is 2.78. The van der Waals surface area contributed by atoms with Crippen LogP contribution in [-0.4, -0.2) is 43.5 Å². The van der Waals surface area contributed by atoms with Crippen molar-refractivity contribution in [3.05, 3.63) is 0 Å². The predicted octanol–water partition coefficient (Wildman–Crippen LogP) is 0.572. The summed E-state index contributed by atoms with van der Waals surface area (Å²) in [5.41, 5.74) is 5.16. The van der Waals surface area contributed by atoms with Crippen LogP contribution in [0.2, 0.25) is 0 Å². The van der Waals surface area contributed by atoms with Crippen LogP contribution in [0.1, 0.15) is 32.6 Å². The van der Waals surface area contributed by atoms with E-state index >= 15 is 0 Å². The molecule has 1 amide bonds. The molecule has 94 valence electrons. The van der Waals surface area contributed by atoms with Gasteiger partial charge in [0.2, 0.25) is 5.91 Å². The number of amides is 1. The molecule has 0 aromatic carbocycles. The number of nitrogens with one attached hydrogen (secondary N) is 1. The lowest BCUT2D eigenvalue weighted by Crippen LogP contribution is -2.58. The smallest absolute Gasteiger partial charge is 0.238 e. The van der Waals surface area contributed by atoms with Crippen LogP contribution in [0, 0.1) is 5.92 Å². The molecule has 1 fully saturated rings. The van der Waals surface area contributed by atoms with Crippen LogP contribution in [0.3, 0.4) is 0 Å². The van der Waals surface area contributed by atoms with E-state index in [1.165, 1.54) is 0 Å². The summed E-state index contributed by atoms with van der Waals surface area (Å²) in [6, 6.07) is 0. The molecule has 2 atom stereocenters. The van der Waals surface area contributed by atoms with Gasteiger partial charge in [0.25, 0.3) is 0 Å². The molecule has 2 unspecified atom stereocenters. The molecule has 0 bridgehead atoms. The average Bonchev–Trinajstić information content (AvgIpc) is 2.61. The molecule has 0 saturated heterocycles. The lowest BCUT2D eigenvalue weighted by Gasteiger charge is -2.33. The van der Waals surface area contributed by atoms with Gasteiger partial charge in [-0.2, -0.15) is 0 Å². The summed E-state index contributed by atoms with van der Waals surface area (Å²) in [7, 11) is 4.06. The van der Waals surface area contributed by atoms with Gasteiger partial charge < -0.3 is 16.0 Å². The Morgan fingerprint density at radius 3 is 2.75 bits per heavy atom. The van der Waals surface area contributed by atoms with Crippen molar-refractivity contribution in [3.63, 3.8) is 0 Å². The maximum atomic E-state index is 11.7. The number of hydrogen-bond acceptors (Lipinski definition) is 3. The van der Waals surface area contributed by atoms with Crippen LogP contribution in [0.4, 0.5) is 0 Å². The first-order valence-electron chi connectivity index (χ1n) is 6.22. The van der Waals surface area contributed by atoms with Gasteiger partial charge in [-0.15, -0.1) is 0 Å². The Morgan fingerprint density at radius 1 is 1.56 bits per heavy atom. The standard InChI is InChI=1S/C12H25N3O/c1-4-10-6-5-7-12(10,11(13)16)14-8-9-15(2)3/h10,14H,4-9H2,1-3H3,(H2,13,16). The highest BCUT2D eigenvalue weighted by Crippen LogP contribution is 2.37. The molecule has 0 aromatic heterocycles. The molecule has 3 N–H and O–H groups in total. The monoisotopic (exact) mass is 227 g/mol. The molecular weight excluding hydrogens is 202 g/mol. The van der Waals surface area contributed by atoms with Crippen LogP contribution < -0.4 is 11.1 Å². The minimum absolute atomic E-state index is 0.171. The van der Waals surface area contributed by atoms with Gasteiger partial charge in [0.1, 0.15) is 5.54 Å². The third-order valence-electron chi connectivity index (χ3n) is 3.75. The molecule has 0 aromatic rings. The second-order valence-electron chi connectivity index (χ2n) is 5.06. The lowest BCUT2D eigenvalue weighted by molar-refractivity contribution is -0.126. The summed E-state index contributed by atoms with van der Waals surface area (Å²) in [6.07, 6.45) is 4.15. The van der Waals surface area contributed by atoms with Gasteiger partial charge >= 0.3 is 0 Å². The maximum Gasteiger partial charge on any atom is 0.238 e. The normalized spacial score (nSPS) is 29.9. The van der Waals surface area contributed by atoms with Gasteiger partial charge in [-0.05, 0) is 32.9 Å². The van der Waals surface area contributed by atoms with Gasteiger partial charge in [0, 0.05) is 13.1 Å². The van der Waals surface area contributed by atoms with Crippen LogP contribution in [-0.2, 0) is 4.79 Å². The Balaban J connectivity index is 2.62. The molecular formula is C12H25N3O. The van der Waals surface area contributed by atoms with E-state index in [9.17, 15) is 4.79 Å². The number of primary amides is 1. The number of rotatable bonds is 6. The summed E-state index contributed by atoms with van der Waals surface area (Å²) >= 11 is 0. The van der Waals surface area contributed by atoms with E-state index in [4.69, 9.17) is 5.73 Å². The molecule has 0 aliphatic heterocycles. The van der Waals surface area contributed by atoms with E-state index in [-0.39, 0.29) is 5.91 Å². The van der Waals surface area contributed by atoms with E-state index in [2.05, 4.69) is 17.1 Å². The van der Waals surface area contributed by atoms with Crippen LogP contribution in [0.15, 0.2) is 0 Å². The van der Waals surface area contributed by atoms with Crippen molar-refractivity contribution in [2.45, 2.75) is 38.1 Å². The van der Waals surface area contributed by atoms with Crippen molar-refractivity contribution in [1.82, 2.24) is 10.2 Å². The molecule has 1 aliphatic rings. The summed E-state index contributed by atoms with van der Waals surface area (Å²) in [6.45, 7) is 3.90. The van der Waals surface area contributed by atoms with Crippen molar-refractivity contribution in [3.8, 4) is 0 Å². The third-order valence-corrected chi connectivity index (χ3v) is 3.75. The molecule has 0 spiro atoms. The average molecular weight is 227 g/mol. The van der Waals surface area contributed by atoms with E-state index in [1.807, 2.05) is 14.1 Å². The van der Waals surface area contributed by atoms with Crippen molar-refractivity contribution in [2.75, 3.05) is 27.2 Å². The number of nitrogens with two attached hydrogens (primary N) is 1. The van der Waals surface area contributed by atoms with Crippen molar-refractivity contribution < 1.29 is 4.79 Å². The highest BCUT2D eigenvalue weighted by atomic mass is 16.1. The number of likely N-dealkylation sites (N-methyl/N-ethyl adjacent to an activating group) is 1. The van der Waals surface area contributed by atoms with Crippen molar-refractivity contribution in [1.29, 1.82) is 0 Å². The number of nitrogens with zero attached hydrogens (tertiary/aromatic N) is 1. The molecule has 4 heteroatoms. The van der Waals surface area contributed by atoms with Crippen LogP contribution >= 0.6 is 0 Å². The minimum Gasteiger partial charge on any atom is -0.368 e. The van der Waals surface area contributed by atoms with Gasteiger partial charge in [0.15, 0.2) is 0 Å². The number of carbonyl (C=O) groups is 1. The Hall–Kier alpha value is -0.610. The quantitative estimate of drug-likeness (QED) is 0.697. The molecule has 1 rings (SSSR count). The number of hydrogen-bond donors (Lipinski definition) is 2. The fourth-order valence-electron chi connectivity index (χ4n) is 2.78. The molecule has 1 aliphatic carbocycles. The number of carbonyl (C=O) groups excluding carboxylic acids is 1. The highest BCUT2D eigenvalue weighted by Gasteiger charge is 2.46. The second kappa shape index (κ2) is 5.64. The van der Waals surface area contributed by atoms with Crippen molar-refractivity contribution in [2.24, 2.45) is 11.7 Å². The van der Waals surface area contributed by atoms with E-state index in [0.29, 0.717) is 5.92 Å². The molecule has 1 saturated carbocycles. The first-order valence-corrected chi connectivity index (χ1v) is 6.22. The maximum absolute atomic E-state index is 11.7. The first kappa shape index (κ1) is 13.5. The van der Waals surface area contributed by atoms with Gasteiger partial charge in [-0.25, -0.2) is 0 Å². The van der Waals surface area contributed by atoms with Gasteiger partial charge in [0.05, 0.1) is 0 Å². The third kappa shape index (κ3) is 2.74. The summed E-state index contributed by atoms with van der Waals surface area (Å²) in [5, 5.41) is 3.41. The lowest BCUT2D eigenvalue weighted by atomic mass is 9.84. The van der Waals surface area contributed by atoms with E-state index < -0.39 is 5.54 Å². The van der Waals surface area contributed by atoms with E-state index in [1.54, 1.807) is 0 Å². The van der Waals surface area contributed by atoms with Crippen LogP contribution in [0.25, 0.3) is 0 Å². The Labute approximate surface area is 98.6 Å². The largest absolute Gasteiger partial charge is 0.368 e. The zero-order valence-corrected chi connectivity index (χ0v) is 10.8. The Bertz CT molecular complexity index is 242. The molecule has 16 heavy (non-hydrogen) atoms. The molecule has 0 heterocycles. The highest BCUT2D eigenvalue weighted by molar-refractivity contribution is 5.85. The SMILES string of the molecule is CCC1CCCC1(NCCN(C)C)C(N)=O. The van der Waals surface area contributed by atoms with Gasteiger partial charge in [-0.1, -0.05) is 19.8 Å². The summed E-state index contributed by atoms with van der Waals surface area (Å²) in [4.78, 5) is 13.8. The first-order chi connectivity index (χ1) is 7.53. The van der Waals surface area contributed by atoms with Crippen molar-refractivity contribution >= 4 is 5.91 Å². The Morgan fingerprint density at radius 2 is 2.25 bits per heavy atom. The molecule has 4 nitrogen and oxygen atoms in total. The molecule has 0 radical (unpaired) electrons. The topological polar surface area (TPSA) is 58.4 Å². The van der Waals surface area contributed by atoms with Crippen LogP contribution in [0.5, 0.6) is 0 Å². The van der Waals surface area contributed by atoms with E-state index in [0.717, 1.165) is 38.8 Å². The predicted molar refractivity (Wildman–Crippen MR) is 66.1 cm³/mol. The van der Waals surface area contributed by atoms with Gasteiger partial charge in [-0.3, -0.25) is 4.79 Å². The second-order valence-corrected chi connectivity index (χ2v) is 5.06. The minimum atomic E-state index is -0.440. The summed E-state index contributed by atoms with van der Waals surface area (Å²) < 4.78 is 0. The zero-order chi connectivity index (χ0) is 12.2. The summed E-state index contributed by atoms with van der Waals surface area (Å²) in [5.74, 6) is 0.239. The fraction of sp³-hybridized carbons (Fsp3) is 0.917.